The van der Waals surface area contributed by atoms with E-state index in [1.165, 1.54) is 0 Å². The van der Waals surface area contributed by atoms with Crippen molar-refractivity contribution in [3.63, 3.8) is 0 Å². The summed E-state index contributed by atoms with van der Waals surface area (Å²) in [5.41, 5.74) is 14.3. The second kappa shape index (κ2) is 6.08. The number of aliphatic hydroxyl groups is 1. The lowest BCUT2D eigenvalue weighted by atomic mass is 10.1. The van der Waals surface area contributed by atoms with Gasteiger partial charge in [0.15, 0.2) is 0 Å². The number of anilines is 3. The lowest BCUT2D eigenvalue weighted by molar-refractivity contribution is 0.100. The minimum Gasteiger partial charge on any atom is -0.396 e. The van der Waals surface area contributed by atoms with Gasteiger partial charge < -0.3 is 21.9 Å². The SMILES string of the molecule is NC(=O)c1cccc(Nc2ccc(CCO)cc2)c1N. The summed E-state index contributed by atoms with van der Waals surface area (Å²) in [6.07, 6.45) is 0.625. The molecule has 0 aliphatic heterocycles. The van der Waals surface area contributed by atoms with Crippen LogP contribution in [0.1, 0.15) is 15.9 Å². The molecule has 0 aliphatic rings. The van der Waals surface area contributed by atoms with E-state index in [1.807, 2.05) is 24.3 Å². The van der Waals surface area contributed by atoms with Gasteiger partial charge in [-0.1, -0.05) is 18.2 Å². The first-order chi connectivity index (χ1) is 9.61. The smallest absolute Gasteiger partial charge is 0.250 e. The number of carbonyl (C=O) groups is 1. The Morgan fingerprint density at radius 1 is 1.15 bits per heavy atom. The Morgan fingerprint density at radius 2 is 1.85 bits per heavy atom. The average Bonchev–Trinajstić information content (AvgIpc) is 2.43. The van der Waals surface area contributed by atoms with Gasteiger partial charge in [-0.05, 0) is 36.2 Å². The second-order valence-electron chi connectivity index (χ2n) is 4.43. The van der Waals surface area contributed by atoms with E-state index in [-0.39, 0.29) is 6.61 Å². The third-order valence-electron chi connectivity index (χ3n) is 3.01. The summed E-state index contributed by atoms with van der Waals surface area (Å²) in [6.45, 7) is 0.125. The summed E-state index contributed by atoms with van der Waals surface area (Å²) in [5.74, 6) is -0.551. The van der Waals surface area contributed by atoms with Gasteiger partial charge in [0, 0.05) is 12.3 Å². The Morgan fingerprint density at radius 3 is 2.45 bits per heavy atom. The number of aliphatic hydroxyl groups excluding tert-OH is 1. The molecule has 5 nitrogen and oxygen atoms in total. The highest BCUT2D eigenvalue weighted by atomic mass is 16.2. The number of para-hydroxylation sites is 1. The molecular formula is C15H17N3O2. The largest absolute Gasteiger partial charge is 0.396 e. The van der Waals surface area contributed by atoms with E-state index < -0.39 is 5.91 Å². The van der Waals surface area contributed by atoms with Crippen LogP contribution in [-0.4, -0.2) is 17.6 Å². The molecule has 0 saturated heterocycles. The van der Waals surface area contributed by atoms with Crippen LogP contribution < -0.4 is 16.8 Å². The van der Waals surface area contributed by atoms with Crippen LogP contribution in [0.3, 0.4) is 0 Å². The third-order valence-corrected chi connectivity index (χ3v) is 3.01. The van der Waals surface area contributed by atoms with Crippen molar-refractivity contribution in [2.24, 2.45) is 5.73 Å². The van der Waals surface area contributed by atoms with Crippen LogP contribution >= 0.6 is 0 Å². The Bertz CT molecular complexity index is 609. The topological polar surface area (TPSA) is 101 Å². The Balaban J connectivity index is 2.21. The number of benzene rings is 2. The average molecular weight is 271 g/mol. The predicted molar refractivity (Wildman–Crippen MR) is 79.9 cm³/mol. The summed E-state index contributed by atoms with van der Waals surface area (Å²) in [4.78, 5) is 11.2. The van der Waals surface area contributed by atoms with Gasteiger partial charge >= 0.3 is 0 Å². The van der Waals surface area contributed by atoms with Crippen LogP contribution in [0.25, 0.3) is 0 Å². The van der Waals surface area contributed by atoms with Gasteiger partial charge in [-0.25, -0.2) is 0 Å². The maximum Gasteiger partial charge on any atom is 0.250 e. The normalized spacial score (nSPS) is 10.2. The minimum absolute atomic E-state index is 0.125. The van der Waals surface area contributed by atoms with E-state index in [0.29, 0.717) is 23.4 Å². The fraction of sp³-hybridized carbons (Fsp3) is 0.133. The van der Waals surface area contributed by atoms with Crippen LogP contribution in [-0.2, 0) is 6.42 Å². The number of nitrogens with two attached hydrogens (primary N) is 2. The number of rotatable bonds is 5. The van der Waals surface area contributed by atoms with E-state index >= 15 is 0 Å². The molecule has 2 rings (SSSR count). The first-order valence-corrected chi connectivity index (χ1v) is 6.27. The molecular weight excluding hydrogens is 254 g/mol. The molecule has 2 aromatic carbocycles. The molecule has 0 atom stereocenters. The van der Waals surface area contributed by atoms with E-state index in [4.69, 9.17) is 16.6 Å². The highest BCUT2D eigenvalue weighted by molar-refractivity contribution is 6.01. The number of carbonyl (C=O) groups excluding carboxylic acids is 1. The fourth-order valence-corrected chi connectivity index (χ4v) is 1.93. The van der Waals surface area contributed by atoms with Crippen molar-refractivity contribution in [1.82, 2.24) is 0 Å². The van der Waals surface area contributed by atoms with Crippen LogP contribution in [0.15, 0.2) is 42.5 Å². The molecule has 0 saturated carbocycles. The highest BCUT2D eigenvalue weighted by Gasteiger charge is 2.09. The van der Waals surface area contributed by atoms with Gasteiger partial charge in [-0.3, -0.25) is 4.79 Å². The number of nitrogen functional groups attached to an aromatic ring is 1. The van der Waals surface area contributed by atoms with Gasteiger partial charge in [0.1, 0.15) is 0 Å². The highest BCUT2D eigenvalue weighted by Crippen LogP contribution is 2.26. The fourth-order valence-electron chi connectivity index (χ4n) is 1.93. The summed E-state index contributed by atoms with van der Waals surface area (Å²) in [6, 6.07) is 12.7. The van der Waals surface area contributed by atoms with Gasteiger partial charge in [0.2, 0.25) is 0 Å². The summed E-state index contributed by atoms with van der Waals surface area (Å²) >= 11 is 0. The van der Waals surface area contributed by atoms with Gasteiger partial charge in [-0.2, -0.15) is 0 Å². The summed E-state index contributed by atoms with van der Waals surface area (Å²) < 4.78 is 0. The van der Waals surface area contributed by atoms with Crippen molar-refractivity contribution in [3.8, 4) is 0 Å². The van der Waals surface area contributed by atoms with Crippen LogP contribution in [0.2, 0.25) is 0 Å². The van der Waals surface area contributed by atoms with E-state index in [0.717, 1.165) is 11.3 Å². The zero-order valence-electron chi connectivity index (χ0n) is 11.0. The molecule has 104 valence electrons. The molecule has 0 bridgehead atoms. The van der Waals surface area contributed by atoms with Crippen LogP contribution in [0, 0.1) is 0 Å². The number of hydrogen-bond donors (Lipinski definition) is 4. The predicted octanol–water partition coefficient (Wildman–Crippen LogP) is 1.65. The van der Waals surface area contributed by atoms with Crippen molar-refractivity contribution in [2.45, 2.75) is 6.42 Å². The van der Waals surface area contributed by atoms with Crippen molar-refractivity contribution in [2.75, 3.05) is 17.7 Å². The molecule has 1 amide bonds. The molecule has 2 aromatic rings. The first kappa shape index (κ1) is 13.9. The zero-order valence-corrected chi connectivity index (χ0v) is 11.0. The maximum atomic E-state index is 11.2. The van der Waals surface area contributed by atoms with Gasteiger partial charge in [-0.15, -0.1) is 0 Å². The van der Waals surface area contributed by atoms with Crippen LogP contribution in [0.5, 0.6) is 0 Å². The molecule has 6 N–H and O–H groups in total. The second-order valence-corrected chi connectivity index (χ2v) is 4.43. The molecule has 0 heterocycles. The standard InChI is InChI=1S/C15H17N3O2/c16-14-12(15(17)20)2-1-3-13(14)18-11-6-4-10(5-7-11)8-9-19/h1-7,18-19H,8-9,16H2,(H2,17,20). The molecule has 0 spiro atoms. The monoisotopic (exact) mass is 271 g/mol. The molecule has 5 heteroatoms. The van der Waals surface area contributed by atoms with Gasteiger partial charge in [0.05, 0.1) is 16.9 Å². The third kappa shape index (κ3) is 3.07. The lowest BCUT2D eigenvalue weighted by Crippen LogP contribution is -2.14. The molecule has 0 aliphatic carbocycles. The molecule has 0 unspecified atom stereocenters. The lowest BCUT2D eigenvalue weighted by Gasteiger charge is -2.12. The first-order valence-electron chi connectivity index (χ1n) is 6.27. The van der Waals surface area contributed by atoms with Gasteiger partial charge in [0.25, 0.3) is 5.91 Å². The molecule has 20 heavy (non-hydrogen) atoms. The summed E-state index contributed by atoms with van der Waals surface area (Å²) in [5, 5.41) is 12.0. The molecule has 0 aromatic heterocycles. The number of hydrogen-bond acceptors (Lipinski definition) is 4. The van der Waals surface area contributed by atoms with E-state index in [9.17, 15) is 4.79 Å². The van der Waals surface area contributed by atoms with Crippen molar-refractivity contribution in [3.05, 3.63) is 53.6 Å². The zero-order chi connectivity index (χ0) is 14.5. The minimum atomic E-state index is -0.551. The molecule has 0 radical (unpaired) electrons. The number of nitrogens with one attached hydrogen (secondary N) is 1. The molecule has 0 fully saturated rings. The maximum absolute atomic E-state index is 11.2. The van der Waals surface area contributed by atoms with Crippen LogP contribution in [0.4, 0.5) is 17.1 Å². The summed E-state index contributed by atoms with van der Waals surface area (Å²) in [7, 11) is 0. The quantitative estimate of drug-likeness (QED) is 0.621. The number of amides is 1. The van der Waals surface area contributed by atoms with Crippen molar-refractivity contribution >= 4 is 23.0 Å². The number of primary amides is 1. The van der Waals surface area contributed by atoms with Crippen molar-refractivity contribution in [1.29, 1.82) is 0 Å². The van der Waals surface area contributed by atoms with E-state index in [1.54, 1.807) is 18.2 Å². The Hall–Kier alpha value is -2.53. The Kier molecular flexibility index (Phi) is 4.22. The Labute approximate surface area is 117 Å². The van der Waals surface area contributed by atoms with Crippen molar-refractivity contribution < 1.29 is 9.90 Å². The van der Waals surface area contributed by atoms with E-state index in [2.05, 4.69) is 5.32 Å².